The highest BCUT2D eigenvalue weighted by Crippen LogP contribution is 2.43. The number of hydrogen-bond donors (Lipinski definition) is 2. The molecule has 1 aromatic carbocycles. The highest BCUT2D eigenvalue weighted by atomic mass is 19.1. The van der Waals surface area contributed by atoms with Crippen LogP contribution in [0, 0.1) is 29.6 Å². The number of pyridine rings is 1. The van der Waals surface area contributed by atoms with Crippen molar-refractivity contribution in [3.63, 3.8) is 0 Å². The molecule has 0 spiro atoms. The lowest BCUT2D eigenvalue weighted by molar-refractivity contribution is -0.295. The Morgan fingerprint density at radius 1 is 1.08 bits per heavy atom. The third-order valence-electron chi connectivity index (χ3n) is 13.6. The largest absolute Gasteiger partial charge is 0.509 e. The zero-order chi connectivity index (χ0) is 47.9. The molecule has 1 aromatic heterocycles. The van der Waals surface area contributed by atoms with Gasteiger partial charge in [0.25, 0.3) is 11.6 Å². The van der Waals surface area contributed by atoms with Gasteiger partial charge in [0.15, 0.2) is 30.4 Å². The SMILES string of the molecule is CC[C@H]1OC(=O)[C@@](C)(F)C(=O)[C@H](C)[C@@H](O[C@@H]2O[C@H](C)C[C@H](N(C)C)[C@H]2O)[C@](C)(OC)C[C@@H](C)/C(=N\OCC#Cc2ccc3c(c2)c(=O)c(C(N)=O)cn3C2CC2)[C@H](C)[C@H]2OC(=O)O[C@@]21C. The second-order valence-corrected chi connectivity index (χ2v) is 18.8. The number of benzene rings is 1. The molecule has 0 unspecified atom stereocenters. The molecule has 3 aliphatic heterocycles. The second-order valence-electron chi connectivity index (χ2n) is 18.8. The Hall–Kier alpha value is -4.93. The van der Waals surface area contributed by atoms with E-state index in [1.54, 1.807) is 39.0 Å². The zero-order valence-electron chi connectivity index (χ0n) is 39.0. The predicted molar refractivity (Wildman–Crippen MR) is 235 cm³/mol. The van der Waals surface area contributed by atoms with Crippen LogP contribution in [0.1, 0.15) is 109 Å². The molecule has 356 valence electrons. The Balaban J connectivity index is 1.39. The van der Waals surface area contributed by atoms with E-state index < -0.39 is 101 Å². The van der Waals surface area contributed by atoms with Crippen molar-refractivity contribution in [3.05, 3.63) is 45.7 Å². The van der Waals surface area contributed by atoms with Gasteiger partial charge in [0.2, 0.25) is 5.43 Å². The van der Waals surface area contributed by atoms with Crippen molar-refractivity contribution in [1.82, 2.24) is 9.47 Å². The van der Waals surface area contributed by atoms with Crippen molar-refractivity contribution in [2.75, 3.05) is 27.8 Å². The molecule has 1 aliphatic carbocycles. The van der Waals surface area contributed by atoms with E-state index in [9.17, 15) is 29.1 Å². The summed E-state index contributed by atoms with van der Waals surface area (Å²) in [6.45, 7) is 12.2. The Bertz CT molecular complexity index is 2320. The quantitative estimate of drug-likeness (QED) is 0.116. The fraction of sp³-hybridized carbons (Fsp3) is 0.660. The Morgan fingerprint density at radius 2 is 1.77 bits per heavy atom. The number of oxime groups is 1. The normalized spacial score (nSPS) is 36.5. The number of aromatic nitrogens is 1. The first-order valence-electron chi connectivity index (χ1n) is 22.2. The summed E-state index contributed by atoms with van der Waals surface area (Å²) >= 11 is 0. The average Bonchev–Trinajstić information content (AvgIpc) is 4.05. The van der Waals surface area contributed by atoms with Crippen LogP contribution in [0.2, 0.25) is 0 Å². The molecule has 2 aromatic rings. The minimum atomic E-state index is -3.21. The molecule has 6 rings (SSSR count). The number of primary amides is 1. The van der Waals surface area contributed by atoms with Gasteiger partial charge in [-0.15, -0.1) is 0 Å². The number of nitrogens with two attached hydrogens (primary N) is 1. The van der Waals surface area contributed by atoms with Gasteiger partial charge >= 0.3 is 12.1 Å². The van der Waals surface area contributed by atoms with E-state index in [1.165, 1.54) is 27.2 Å². The number of alkyl halides is 1. The first-order chi connectivity index (χ1) is 30.5. The Kier molecular flexibility index (Phi) is 14.6. The highest BCUT2D eigenvalue weighted by molar-refractivity contribution is 6.08. The lowest BCUT2D eigenvalue weighted by Crippen LogP contribution is -2.61. The van der Waals surface area contributed by atoms with Gasteiger partial charge in [-0.3, -0.25) is 14.4 Å². The maximum absolute atomic E-state index is 16.8. The zero-order valence-corrected chi connectivity index (χ0v) is 39.0. The summed E-state index contributed by atoms with van der Waals surface area (Å²) < 4.78 is 54.8. The van der Waals surface area contributed by atoms with Gasteiger partial charge in [-0.05, 0) is 92.1 Å². The van der Waals surface area contributed by atoms with Gasteiger partial charge in [0, 0.05) is 54.1 Å². The number of ether oxygens (including phenoxy) is 6. The number of cyclic esters (lactones) is 1. The molecule has 4 aliphatic rings. The standard InChI is InChI=1S/C47H63FN4O13/c1-12-34-47(8)40(64-44(58)65-47)26(4)35(50-60-19-13-14-28-15-18-32-30(21-28)36(53)31(41(49)56)23-52(32)29-16-17-29)24(2)22-45(6,59-11)39(27(5)38(55)46(7,48)43(57)62-34)63-42-37(54)33(51(9)10)20-25(3)61-42/h15,18,21,23-27,29,33-34,37,39-40,42,54H,12,16-17,19-20,22H2,1-11H3,(H2,49,56)/b50-35+/t24-,25-,26+,27+,33+,34-,37-,39-,40-,42+,45-,46+,47-/m1/s1. The second kappa shape index (κ2) is 19.1. The maximum Gasteiger partial charge on any atom is 0.509 e. The Morgan fingerprint density at radius 3 is 2.38 bits per heavy atom. The van der Waals surface area contributed by atoms with Crippen molar-refractivity contribution >= 4 is 40.4 Å². The molecular weight excluding hydrogens is 848 g/mol. The smallest absolute Gasteiger partial charge is 0.455 e. The summed E-state index contributed by atoms with van der Waals surface area (Å²) in [6, 6.07) is 4.93. The fourth-order valence-electron chi connectivity index (χ4n) is 9.78. The van der Waals surface area contributed by atoms with Gasteiger partial charge < -0.3 is 53.6 Å². The molecular formula is C47H63FN4O13. The number of nitrogens with zero attached hydrogens (tertiary/aromatic N) is 3. The van der Waals surface area contributed by atoms with Crippen molar-refractivity contribution in [1.29, 1.82) is 0 Å². The lowest BCUT2D eigenvalue weighted by atomic mass is 9.73. The van der Waals surface area contributed by atoms with Crippen LogP contribution in [-0.4, -0.2) is 132 Å². The molecule has 18 heteroatoms. The van der Waals surface area contributed by atoms with Crippen LogP contribution in [0.4, 0.5) is 9.18 Å². The number of Topliss-reactive ketones (excluding diaryl/α,β-unsaturated/α-hetero) is 1. The molecule has 17 nitrogen and oxygen atoms in total. The third kappa shape index (κ3) is 9.81. The summed E-state index contributed by atoms with van der Waals surface area (Å²) in [6.07, 6.45) is -3.75. The number of ketones is 1. The maximum atomic E-state index is 16.8. The third-order valence-corrected chi connectivity index (χ3v) is 13.6. The van der Waals surface area contributed by atoms with E-state index >= 15 is 4.39 Å². The molecule has 1 saturated carbocycles. The van der Waals surface area contributed by atoms with Crippen LogP contribution < -0.4 is 11.2 Å². The topological polar surface area (TPSA) is 217 Å². The van der Waals surface area contributed by atoms with Crippen molar-refractivity contribution in [2.45, 2.75) is 153 Å². The minimum Gasteiger partial charge on any atom is -0.455 e. The minimum absolute atomic E-state index is 0.0329. The van der Waals surface area contributed by atoms with E-state index in [4.69, 9.17) is 39.0 Å². The van der Waals surface area contributed by atoms with Gasteiger partial charge in [-0.2, -0.15) is 0 Å². The summed E-state index contributed by atoms with van der Waals surface area (Å²) in [4.78, 5) is 74.2. The molecule has 0 radical (unpaired) electrons. The number of methoxy groups -OCH3 is 1. The lowest BCUT2D eigenvalue weighted by Gasteiger charge is -2.47. The van der Waals surface area contributed by atoms with Crippen LogP contribution in [0.3, 0.4) is 0 Å². The predicted octanol–water partition coefficient (Wildman–Crippen LogP) is 4.60. The molecule has 1 amide bonds. The van der Waals surface area contributed by atoms with Crippen LogP contribution in [0.25, 0.3) is 10.9 Å². The van der Waals surface area contributed by atoms with E-state index in [2.05, 4.69) is 17.0 Å². The van der Waals surface area contributed by atoms with Gasteiger partial charge in [0.05, 0.1) is 29.0 Å². The van der Waals surface area contributed by atoms with Crippen molar-refractivity contribution < 1.29 is 61.9 Å². The number of hydrogen-bond acceptors (Lipinski definition) is 15. The molecule has 4 fully saturated rings. The van der Waals surface area contributed by atoms with Crippen molar-refractivity contribution in [2.24, 2.45) is 28.6 Å². The number of likely N-dealkylation sites (N-methyl/N-ethyl adjacent to an activating group) is 1. The molecule has 3 N–H and O–H groups in total. The fourth-order valence-corrected chi connectivity index (χ4v) is 9.78. The number of esters is 1. The van der Waals surface area contributed by atoms with Crippen LogP contribution >= 0.6 is 0 Å². The monoisotopic (exact) mass is 910 g/mol. The van der Waals surface area contributed by atoms with Gasteiger partial charge in [-0.1, -0.05) is 44.7 Å². The molecule has 4 heterocycles. The first-order valence-corrected chi connectivity index (χ1v) is 22.2. The highest BCUT2D eigenvalue weighted by Gasteiger charge is 2.60. The number of halogens is 1. The molecule has 13 atom stereocenters. The van der Waals surface area contributed by atoms with E-state index in [0.717, 1.165) is 19.8 Å². The summed E-state index contributed by atoms with van der Waals surface area (Å²) in [7, 11) is 5.03. The molecule has 65 heavy (non-hydrogen) atoms. The number of aliphatic hydroxyl groups excluding tert-OH is 1. The summed E-state index contributed by atoms with van der Waals surface area (Å²) in [5, 5.41) is 16.4. The number of rotatable bonds is 9. The number of amides is 1. The summed E-state index contributed by atoms with van der Waals surface area (Å²) in [5.41, 5.74) is 0.0896. The van der Waals surface area contributed by atoms with Crippen LogP contribution in [0.15, 0.2) is 34.3 Å². The number of fused-ring (bicyclic) bond motifs is 2. The summed E-state index contributed by atoms with van der Waals surface area (Å²) in [5.74, 6) is -0.394. The number of aliphatic hydroxyl groups is 1. The number of carbonyl (C=O) groups excluding carboxylic acids is 4. The average molecular weight is 911 g/mol. The number of carbonyl (C=O) groups is 4. The van der Waals surface area contributed by atoms with Crippen LogP contribution in [-0.2, 0) is 42.8 Å². The molecule has 3 saturated heterocycles. The first kappa shape index (κ1) is 49.5. The van der Waals surface area contributed by atoms with E-state index in [0.29, 0.717) is 28.6 Å². The van der Waals surface area contributed by atoms with Gasteiger partial charge in [0.1, 0.15) is 17.8 Å². The molecule has 0 bridgehead atoms. The van der Waals surface area contributed by atoms with Gasteiger partial charge in [-0.25, -0.2) is 14.0 Å². The van der Waals surface area contributed by atoms with Crippen molar-refractivity contribution in [3.8, 4) is 11.8 Å². The van der Waals surface area contributed by atoms with E-state index in [-0.39, 0.29) is 37.2 Å². The van der Waals surface area contributed by atoms with Crippen LogP contribution in [0.5, 0.6) is 0 Å². The Labute approximate surface area is 378 Å². The van der Waals surface area contributed by atoms with E-state index in [1.807, 2.05) is 37.4 Å².